The van der Waals surface area contributed by atoms with E-state index in [2.05, 4.69) is 5.32 Å². The summed E-state index contributed by atoms with van der Waals surface area (Å²) in [5, 5.41) is 18.7. The molecule has 1 fully saturated rings. The van der Waals surface area contributed by atoms with E-state index >= 15 is 0 Å². The molecular weight excluding hydrogens is 666 g/mol. The summed E-state index contributed by atoms with van der Waals surface area (Å²) in [4.78, 5) is 65.5. The van der Waals surface area contributed by atoms with Crippen molar-refractivity contribution < 1.29 is 27.7 Å². The van der Waals surface area contributed by atoms with Crippen LogP contribution >= 0.6 is 34.7 Å². The number of imide groups is 1. The highest BCUT2D eigenvalue weighted by atomic mass is 35.5. The number of aromatic nitrogens is 1. The molecule has 4 aromatic rings. The number of benzene rings is 3. The minimum atomic E-state index is -3.93. The summed E-state index contributed by atoms with van der Waals surface area (Å²) < 4.78 is 24.3. The molecule has 3 N–H and O–H groups in total. The van der Waals surface area contributed by atoms with Gasteiger partial charge in [-0.25, -0.2) is 18.5 Å². The predicted octanol–water partition coefficient (Wildman–Crippen LogP) is 3.55. The lowest BCUT2D eigenvalue weighted by atomic mass is 9.83. The van der Waals surface area contributed by atoms with E-state index in [1.54, 1.807) is 24.3 Å². The van der Waals surface area contributed by atoms with E-state index in [4.69, 9.17) is 16.7 Å². The Morgan fingerprint density at radius 2 is 1.62 bits per heavy atom. The van der Waals surface area contributed by atoms with Crippen molar-refractivity contribution >= 4 is 79.5 Å². The van der Waals surface area contributed by atoms with Gasteiger partial charge in [0.05, 0.1) is 26.5 Å². The van der Waals surface area contributed by atoms with Crippen LogP contribution in [0.4, 0.5) is 17.1 Å². The molecule has 2 aliphatic rings. The highest BCUT2D eigenvalue weighted by Crippen LogP contribution is 2.54. The van der Waals surface area contributed by atoms with Gasteiger partial charge in [-0.15, -0.1) is 0 Å². The Morgan fingerprint density at radius 1 is 0.978 bits per heavy atom. The molecule has 2 aliphatic heterocycles. The summed E-state index contributed by atoms with van der Waals surface area (Å²) in [6.45, 7) is -0.423. The number of primary sulfonamides is 1. The number of nitro benzene ring substituents is 1. The SMILES string of the molecule is NS(=O)(=O)c1ccc(NC(=O)Cn2c3c(sc2=O)[C@@H](c2ccc(Cl)cc2)C2C(=O)N(c4ccc([N+](=O)[O-])cc4)C(=O)C2S3)cc1. The van der Waals surface area contributed by atoms with Gasteiger partial charge in [-0.1, -0.05) is 46.8 Å². The zero-order valence-corrected chi connectivity index (χ0v) is 25.9. The zero-order chi connectivity index (χ0) is 32.2. The molecule has 0 radical (unpaired) electrons. The van der Waals surface area contributed by atoms with Crippen LogP contribution in [0.1, 0.15) is 16.4 Å². The number of nitrogens with two attached hydrogens (primary N) is 1. The van der Waals surface area contributed by atoms with Crippen LogP contribution in [-0.2, 0) is 31.0 Å². The fraction of sp³-hybridized carbons (Fsp3) is 0.143. The molecule has 230 valence electrons. The Morgan fingerprint density at radius 3 is 2.22 bits per heavy atom. The summed E-state index contributed by atoms with van der Waals surface area (Å²) in [6.07, 6.45) is 0. The highest BCUT2D eigenvalue weighted by Gasteiger charge is 2.56. The van der Waals surface area contributed by atoms with Crippen LogP contribution in [0.2, 0.25) is 5.02 Å². The fourth-order valence-electron chi connectivity index (χ4n) is 5.33. The van der Waals surface area contributed by atoms with Gasteiger partial charge in [0, 0.05) is 33.6 Å². The quantitative estimate of drug-likeness (QED) is 0.166. The summed E-state index contributed by atoms with van der Waals surface area (Å²) in [5.41, 5.74) is 0.879. The molecule has 0 aliphatic carbocycles. The number of carbonyl (C=O) groups is 3. The first-order valence-electron chi connectivity index (χ1n) is 13.0. The Kier molecular flexibility index (Phi) is 7.86. The van der Waals surface area contributed by atoms with E-state index in [0.717, 1.165) is 28.0 Å². The topological polar surface area (TPSA) is 192 Å². The average molecular weight is 686 g/mol. The lowest BCUT2D eigenvalue weighted by molar-refractivity contribution is -0.384. The maximum absolute atomic E-state index is 13.9. The number of carbonyl (C=O) groups excluding carboxylic acids is 3. The molecule has 2 unspecified atom stereocenters. The largest absolute Gasteiger partial charge is 0.325 e. The van der Waals surface area contributed by atoms with Crippen LogP contribution in [0.5, 0.6) is 0 Å². The summed E-state index contributed by atoms with van der Waals surface area (Å²) >= 11 is 8.00. The maximum Gasteiger partial charge on any atom is 0.308 e. The van der Waals surface area contributed by atoms with E-state index in [0.29, 0.717) is 20.5 Å². The number of hydrogen-bond acceptors (Lipinski definition) is 10. The lowest BCUT2D eigenvalue weighted by Crippen LogP contribution is -2.33. The van der Waals surface area contributed by atoms with Gasteiger partial charge < -0.3 is 5.32 Å². The second kappa shape index (κ2) is 11.5. The molecular formula is C28H20ClN5O8S3. The number of thioether (sulfide) groups is 1. The van der Waals surface area contributed by atoms with E-state index in [1.807, 2.05) is 0 Å². The van der Waals surface area contributed by atoms with Crippen molar-refractivity contribution in [3.63, 3.8) is 0 Å². The van der Waals surface area contributed by atoms with Crippen LogP contribution in [0.25, 0.3) is 0 Å². The number of halogens is 1. The Labute approximate surface area is 267 Å². The Hall–Kier alpha value is -4.35. The van der Waals surface area contributed by atoms with Crippen LogP contribution < -0.4 is 20.2 Å². The number of sulfonamides is 1. The lowest BCUT2D eigenvalue weighted by Gasteiger charge is -2.30. The summed E-state index contributed by atoms with van der Waals surface area (Å²) in [6, 6.07) is 16.9. The van der Waals surface area contributed by atoms with Crippen molar-refractivity contribution in [2.24, 2.45) is 11.1 Å². The van der Waals surface area contributed by atoms with Gasteiger partial charge in [-0.05, 0) is 54.1 Å². The molecule has 1 aromatic heterocycles. The molecule has 0 bridgehead atoms. The number of non-ortho nitro benzene ring substituents is 1. The molecule has 0 spiro atoms. The van der Waals surface area contributed by atoms with Gasteiger partial charge in [0.15, 0.2) is 0 Å². The number of hydrogen-bond donors (Lipinski definition) is 2. The third-order valence-electron chi connectivity index (χ3n) is 7.37. The normalized spacial score (nSPS) is 19.2. The minimum absolute atomic E-state index is 0.138. The Balaban J connectivity index is 1.36. The molecule has 3 aromatic carbocycles. The number of amides is 3. The molecule has 13 nitrogen and oxygen atoms in total. The second-order valence-corrected chi connectivity index (χ2v) is 14.2. The summed E-state index contributed by atoms with van der Waals surface area (Å²) in [5.74, 6) is -3.31. The van der Waals surface area contributed by atoms with E-state index < -0.39 is 61.2 Å². The van der Waals surface area contributed by atoms with Crippen molar-refractivity contribution in [2.75, 3.05) is 10.2 Å². The van der Waals surface area contributed by atoms with Crippen molar-refractivity contribution in [2.45, 2.75) is 27.6 Å². The average Bonchev–Trinajstić information content (AvgIpc) is 3.43. The minimum Gasteiger partial charge on any atom is -0.325 e. The summed E-state index contributed by atoms with van der Waals surface area (Å²) in [7, 11) is -3.93. The predicted molar refractivity (Wildman–Crippen MR) is 167 cm³/mol. The van der Waals surface area contributed by atoms with Crippen LogP contribution in [-0.4, -0.2) is 40.9 Å². The second-order valence-electron chi connectivity index (χ2n) is 10.1. The zero-order valence-electron chi connectivity index (χ0n) is 22.7. The van der Waals surface area contributed by atoms with E-state index in [1.165, 1.54) is 53.1 Å². The van der Waals surface area contributed by atoms with E-state index in [9.17, 15) is 37.7 Å². The first-order chi connectivity index (χ1) is 21.3. The van der Waals surface area contributed by atoms with Gasteiger partial charge in [-0.2, -0.15) is 0 Å². The first kappa shape index (κ1) is 30.7. The van der Waals surface area contributed by atoms with Gasteiger partial charge in [0.2, 0.25) is 27.7 Å². The number of nitro groups is 1. The molecule has 3 atom stereocenters. The molecule has 45 heavy (non-hydrogen) atoms. The number of anilines is 2. The van der Waals surface area contributed by atoms with E-state index in [-0.39, 0.29) is 22.0 Å². The fourth-order valence-corrected chi connectivity index (χ4v) is 8.75. The number of rotatable bonds is 7. The highest BCUT2D eigenvalue weighted by molar-refractivity contribution is 8.00. The molecule has 1 saturated heterocycles. The Bertz CT molecular complexity index is 2050. The molecule has 3 amide bonds. The van der Waals surface area contributed by atoms with Gasteiger partial charge in [-0.3, -0.25) is 33.9 Å². The van der Waals surface area contributed by atoms with Gasteiger partial charge in [0.25, 0.3) is 5.69 Å². The van der Waals surface area contributed by atoms with Crippen LogP contribution in [0, 0.1) is 16.0 Å². The first-order valence-corrected chi connectivity index (χ1v) is 16.7. The standard InChI is InChI=1S/C28H20ClN5O8S3/c29-15-3-1-14(2-4-15)21-22-23(26(37)33(25(22)36)17-7-9-18(10-8-17)34(39)40)43-27-24(21)44-28(38)32(27)13-20(35)31-16-5-11-19(12-6-16)45(30,41)42/h1-12,21-23H,13H2,(H,31,35)(H2,30,41,42)/t21-,22?,23?/m0/s1. The molecule has 17 heteroatoms. The van der Waals surface area contributed by atoms with Crippen LogP contribution in [0.15, 0.2) is 87.5 Å². The molecule has 0 saturated carbocycles. The smallest absolute Gasteiger partial charge is 0.308 e. The third-order valence-corrected chi connectivity index (χ3v) is 11.2. The maximum atomic E-state index is 13.9. The number of thiazole rings is 1. The molecule has 3 heterocycles. The van der Waals surface area contributed by atoms with Gasteiger partial charge in [0.1, 0.15) is 11.8 Å². The van der Waals surface area contributed by atoms with Crippen molar-refractivity contribution in [1.82, 2.24) is 4.57 Å². The van der Waals surface area contributed by atoms with Crippen LogP contribution in [0.3, 0.4) is 0 Å². The van der Waals surface area contributed by atoms with Crippen molar-refractivity contribution in [1.29, 1.82) is 0 Å². The number of nitrogens with zero attached hydrogens (tertiary/aromatic N) is 3. The third kappa shape index (κ3) is 5.66. The number of nitrogens with one attached hydrogen (secondary N) is 1. The molecule has 6 rings (SSSR count). The van der Waals surface area contributed by atoms with Crippen molar-refractivity contribution in [3.05, 3.63) is 108 Å². The number of fused-ring (bicyclic) bond motifs is 2. The monoisotopic (exact) mass is 685 g/mol. The van der Waals surface area contributed by atoms with Crippen molar-refractivity contribution in [3.8, 4) is 0 Å². The van der Waals surface area contributed by atoms with Gasteiger partial charge >= 0.3 is 4.87 Å².